The minimum absolute atomic E-state index is 0.0439. The summed E-state index contributed by atoms with van der Waals surface area (Å²) in [4.78, 5) is 12.1. The third kappa shape index (κ3) is 3.23. The van der Waals surface area contributed by atoms with E-state index in [9.17, 15) is 9.90 Å². The fourth-order valence-electron chi connectivity index (χ4n) is 2.76. The maximum atomic E-state index is 12.1. The zero-order valence-electron chi connectivity index (χ0n) is 11.9. The van der Waals surface area contributed by atoms with E-state index in [-0.39, 0.29) is 17.6 Å². The Morgan fingerprint density at radius 1 is 1.50 bits per heavy atom. The summed E-state index contributed by atoms with van der Waals surface area (Å²) < 4.78 is 1.99. The van der Waals surface area contributed by atoms with E-state index in [1.54, 1.807) is 6.20 Å². The topological polar surface area (TPSA) is 67.2 Å². The van der Waals surface area contributed by atoms with Gasteiger partial charge in [0.1, 0.15) is 4.47 Å². The fourth-order valence-corrected chi connectivity index (χ4v) is 3.21. The Morgan fingerprint density at radius 3 is 2.80 bits per heavy atom. The van der Waals surface area contributed by atoms with Gasteiger partial charge in [0.05, 0.1) is 18.5 Å². The van der Waals surface area contributed by atoms with Gasteiger partial charge < -0.3 is 10.4 Å². The summed E-state index contributed by atoms with van der Waals surface area (Å²) in [5, 5.41) is 17.0. The zero-order chi connectivity index (χ0) is 14.6. The molecule has 1 aromatic heterocycles. The number of aliphatic hydroxyl groups excluding tert-OH is 1. The van der Waals surface area contributed by atoms with Gasteiger partial charge in [-0.1, -0.05) is 19.8 Å². The highest BCUT2D eigenvalue weighted by molar-refractivity contribution is 9.10. The van der Waals surface area contributed by atoms with Gasteiger partial charge in [-0.05, 0) is 35.2 Å². The van der Waals surface area contributed by atoms with Crippen LogP contribution < -0.4 is 10.9 Å². The Morgan fingerprint density at radius 2 is 2.20 bits per heavy atom. The summed E-state index contributed by atoms with van der Waals surface area (Å²) in [6.07, 6.45) is 6.96. The molecule has 2 N–H and O–H groups in total. The minimum atomic E-state index is -0.110. The molecular formula is C14H22BrN3O2. The molecule has 112 valence electrons. The van der Waals surface area contributed by atoms with E-state index >= 15 is 0 Å². The molecule has 1 aliphatic rings. The lowest BCUT2D eigenvalue weighted by molar-refractivity contribution is 0.142. The average Bonchev–Trinajstić information content (AvgIpc) is 2.93. The molecule has 6 heteroatoms. The number of hydrogen-bond donors (Lipinski definition) is 2. The molecule has 0 amide bonds. The summed E-state index contributed by atoms with van der Waals surface area (Å²) >= 11 is 3.35. The predicted octanol–water partition coefficient (Wildman–Crippen LogP) is 2.38. The van der Waals surface area contributed by atoms with Crippen molar-refractivity contribution < 1.29 is 5.11 Å². The van der Waals surface area contributed by atoms with Gasteiger partial charge in [-0.25, -0.2) is 4.68 Å². The highest BCUT2D eigenvalue weighted by Gasteiger charge is 2.33. The zero-order valence-corrected chi connectivity index (χ0v) is 13.4. The van der Waals surface area contributed by atoms with Gasteiger partial charge in [0.15, 0.2) is 0 Å². The van der Waals surface area contributed by atoms with Gasteiger partial charge in [-0.2, -0.15) is 5.10 Å². The molecule has 1 heterocycles. The molecule has 1 saturated carbocycles. The van der Waals surface area contributed by atoms with Crippen LogP contribution in [0.2, 0.25) is 0 Å². The number of rotatable bonds is 6. The molecule has 1 aromatic rings. The van der Waals surface area contributed by atoms with Crippen LogP contribution in [0.4, 0.5) is 5.69 Å². The van der Waals surface area contributed by atoms with Crippen molar-refractivity contribution in [2.75, 3.05) is 18.5 Å². The molecule has 1 fully saturated rings. The van der Waals surface area contributed by atoms with Crippen LogP contribution >= 0.6 is 15.9 Å². The standard InChI is InChI=1S/C14H22BrN3O2/c1-2-7-18-13(20)12(15)11(8-17-18)16-9-14(10-19)5-3-4-6-14/h8,16,19H,2-7,9-10H2,1H3. The molecule has 0 atom stereocenters. The normalized spacial score (nSPS) is 17.4. The highest BCUT2D eigenvalue weighted by Crippen LogP contribution is 2.37. The van der Waals surface area contributed by atoms with Crippen molar-refractivity contribution in [3.05, 3.63) is 21.0 Å². The number of anilines is 1. The third-order valence-electron chi connectivity index (χ3n) is 4.07. The van der Waals surface area contributed by atoms with E-state index in [2.05, 4.69) is 26.3 Å². The average molecular weight is 344 g/mol. The molecule has 20 heavy (non-hydrogen) atoms. The van der Waals surface area contributed by atoms with Crippen LogP contribution in [0.3, 0.4) is 0 Å². The van der Waals surface area contributed by atoms with Crippen LogP contribution in [0.15, 0.2) is 15.5 Å². The van der Waals surface area contributed by atoms with Crippen LogP contribution in [0.5, 0.6) is 0 Å². The van der Waals surface area contributed by atoms with Crippen molar-refractivity contribution in [3.63, 3.8) is 0 Å². The summed E-state index contributed by atoms with van der Waals surface area (Å²) in [6, 6.07) is 0. The molecular weight excluding hydrogens is 322 g/mol. The summed E-state index contributed by atoms with van der Waals surface area (Å²) in [5.74, 6) is 0. The molecule has 5 nitrogen and oxygen atoms in total. The van der Waals surface area contributed by atoms with Crippen molar-refractivity contribution in [1.29, 1.82) is 0 Å². The van der Waals surface area contributed by atoms with Gasteiger partial charge >= 0.3 is 0 Å². The van der Waals surface area contributed by atoms with E-state index in [4.69, 9.17) is 0 Å². The second-order valence-electron chi connectivity index (χ2n) is 5.62. The van der Waals surface area contributed by atoms with Gasteiger partial charge in [0, 0.05) is 18.5 Å². The van der Waals surface area contributed by atoms with Crippen molar-refractivity contribution in [3.8, 4) is 0 Å². The minimum Gasteiger partial charge on any atom is -0.396 e. The second-order valence-corrected chi connectivity index (χ2v) is 6.41. The molecule has 2 rings (SSSR count). The lowest BCUT2D eigenvalue weighted by Gasteiger charge is -2.27. The first-order valence-electron chi connectivity index (χ1n) is 7.22. The van der Waals surface area contributed by atoms with Gasteiger partial charge in [-0.15, -0.1) is 0 Å². The number of aliphatic hydroxyl groups is 1. The van der Waals surface area contributed by atoms with Crippen molar-refractivity contribution in [1.82, 2.24) is 9.78 Å². The Kier molecular flexibility index (Phi) is 5.21. The van der Waals surface area contributed by atoms with E-state index in [0.717, 1.165) is 19.3 Å². The fraction of sp³-hybridized carbons (Fsp3) is 0.714. The molecule has 0 radical (unpaired) electrons. The summed E-state index contributed by atoms with van der Waals surface area (Å²) in [5.41, 5.74) is 0.556. The number of hydrogen-bond acceptors (Lipinski definition) is 4. The SMILES string of the molecule is CCCn1ncc(NCC2(CO)CCCC2)c(Br)c1=O. The lowest BCUT2D eigenvalue weighted by atomic mass is 9.87. The number of aromatic nitrogens is 2. The maximum Gasteiger partial charge on any atom is 0.283 e. The lowest BCUT2D eigenvalue weighted by Crippen LogP contribution is -2.32. The smallest absolute Gasteiger partial charge is 0.283 e. The van der Waals surface area contributed by atoms with Gasteiger partial charge in [-0.3, -0.25) is 4.79 Å². The van der Waals surface area contributed by atoms with Crippen LogP contribution in [-0.2, 0) is 6.54 Å². The first-order chi connectivity index (χ1) is 9.62. The Labute approximate surface area is 127 Å². The molecule has 0 aliphatic heterocycles. The second kappa shape index (κ2) is 6.72. The van der Waals surface area contributed by atoms with Crippen LogP contribution in [0.1, 0.15) is 39.0 Å². The summed E-state index contributed by atoms with van der Waals surface area (Å²) in [6.45, 7) is 3.51. The quantitative estimate of drug-likeness (QED) is 0.832. The maximum absolute atomic E-state index is 12.1. The van der Waals surface area contributed by atoms with E-state index < -0.39 is 0 Å². The first-order valence-corrected chi connectivity index (χ1v) is 8.01. The molecule has 0 aromatic carbocycles. The van der Waals surface area contributed by atoms with Crippen molar-refractivity contribution >= 4 is 21.6 Å². The number of aryl methyl sites for hydroxylation is 1. The largest absolute Gasteiger partial charge is 0.396 e. The van der Waals surface area contributed by atoms with Gasteiger partial charge in [0.25, 0.3) is 5.56 Å². The Bertz CT molecular complexity index is 510. The van der Waals surface area contributed by atoms with E-state index in [1.165, 1.54) is 17.5 Å². The molecule has 0 saturated heterocycles. The van der Waals surface area contributed by atoms with E-state index in [1.807, 2.05) is 6.92 Å². The molecule has 0 unspecified atom stereocenters. The Balaban J connectivity index is 2.10. The molecule has 0 bridgehead atoms. The summed E-state index contributed by atoms with van der Waals surface area (Å²) in [7, 11) is 0. The van der Waals surface area contributed by atoms with Crippen molar-refractivity contribution in [2.45, 2.75) is 45.6 Å². The number of halogens is 1. The van der Waals surface area contributed by atoms with Crippen molar-refractivity contribution in [2.24, 2.45) is 5.41 Å². The Hall–Kier alpha value is -0.880. The predicted molar refractivity (Wildman–Crippen MR) is 83.0 cm³/mol. The van der Waals surface area contributed by atoms with E-state index in [0.29, 0.717) is 23.2 Å². The first kappa shape index (κ1) is 15.5. The highest BCUT2D eigenvalue weighted by atomic mass is 79.9. The third-order valence-corrected chi connectivity index (χ3v) is 4.84. The number of nitrogens with one attached hydrogen (secondary N) is 1. The number of nitrogens with zero attached hydrogens (tertiary/aromatic N) is 2. The van der Waals surface area contributed by atoms with Gasteiger partial charge in [0.2, 0.25) is 0 Å². The molecule has 0 spiro atoms. The van der Waals surface area contributed by atoms with Crippen LogP contribution in [0, 0.1) is 5.41 Å². The molecule has 1 aliphatic carbocycles. The van der Waals surface area contributed by atoms with Crippen LogP contribution in [0.25, 0.3) is 0 Å². The van der Waals surface area contributed by atoms with Crippen LogP contribution in [-0.4, -0.2) is 28.0 Å². The monoisotopic (exact) mass is 343 g/mol.